The van der Waals surface area contributed by atoms with Crippen molar-refractivity contribution in [1.29, 1.82) is 0 Å². The zero-order valence-corrected chi connectivity index (χ0v) is 24.7. The Balaban J connectivity index is 1.71. The number of halogens is 1. The van der Waals surface area contributed by atoms with E-state index in [1.807, 2.05) is 74.4 Å². The van der Waals surface area contributed by atoms with Crippen LogP contribution in [0.5, 0.6) is 0 Å². The predicted octanol–water partition coefficient (Wildman–Crippen LogP) is 5.14. The second-order valence-electron chi connectivity index (χ2n) is 10.4. The Labute approximate surface area is 231 Å². The number of methoxy groups -OCH3 is 1. The van der Waals surface area contributed by atoms with Crippen molar-refractivity contribution < 1.29 is 27.5 Å². The molecule has 2 aliphatic rings. The molecule has 37 heavy (non-hydrogen) atoms. The van der Waals surface area contributed by atoms with Gasteiger partial charge in [-0.25, -0.2) is 18.0 Å². The van der Waals surface area contributed by atoms with E-state index in [2.05, 4.69) is 0 Å². The van der Waals surface area contributed by atoms with E-state index >= 15 is 0 Å². The van der Waals surface area contributed by atoms with E-state index in [1.165, 1.54) is 7.11 Å². The summed E-state index contributed by atoms with van der Waals surface area (Å²) in [5.74, 6) is -0.589. The number of fused-ring (bicyclic) bond motifs is 1. The number of nitrogens with zero attached hydrogens (tertiary/aromatic N) is 2. The Morgan fingerprint density at radius 2 is 1.70 bits per heavy atom. The number of ether oxygens (including phenoxy) is 2. The van der Waals surface area contributed by atoms with Gasteiger partial charge >= 0.3 is 12.1 Å². The Morgan fingerprint density at radius 1 is 1.08 bits per heavy atom. The smallest absolute Gasteiger partial charge is 0.410 e. The van der Waals surface area contributed by atoms with Gasteiger partial charge in [0.15, 0.2) is 9.84 Å². The first-order valence-corrected chi connectivity index (χ1v) is 14.5. The van der Waals surface area contributed by atoms with Crippen LogP contribution in [0.2, 0.25) is 0 Å². The van der Waals surface area contributed by atoms with Crippen molar-refractivity contribution in [2.45, 2.75) is 49.5 Å². The minimum atomic E-state index is -3.85. The van der Waals surface area contributed by atoms with Crippen molar-refractivity contribution in [3.05, 3.63) is 62.2 Å². The van der Waals surface area contributed by atoms with Gasteiger partial charge < -0.3 is 19.3 Å². The van der Waals surface area contributed by atoms with Gasteiger partial charge in [-0.3, -0.25) is 0 Å². The van der Waals surface area contributed by atoms with Crippen molar-refractivity contribution in [3.8, 4) is 0 Å². The number of carbonyl (C=O) groups excluding carboxylic acids is 2. The Hall–Kier alpha value is -2.60. The predicted molar refractivity (Wildman–Crippen MR) is 151 cm³/mol. The highest BCUT2D eigenvalue weighted by molar-refractivity contribution is 14.1. The van der Waals surface area contributed by atoms with Crippen LogP contribution in [0.25, 0.3) is 6.08 Å². The maximum absolute atomic E-state index is 13.8. The fourth-order valence-electron chi connectivity index (χ4n) is 4.55. The average Bonchev–Trinajstić information content (AvgIpc) is 3.13. The molecule has 1 amide bonds. The summed E-state index contributed by atoms with van der Waals surface area (Å²) in [4.78, 5) is 29.0. The summed E-state index contributed by atoms with van der Waals surface area (Å²) in [5.41, 5.74) is 2.49. The Morgan fingerprint density at radius 3 is 2.27 bits per heavy atom. The summed E-state index contributed by atoms with van der Waals surface area (Å²) in [5, 5.41) is -1.02. The van der Waals surface area contributed by atoms with Crippen molar-refractivity contribution in [1.82, 2.24) is 4.90 Å². The first-order valence-electron chi connectivity index (χ1n) is 11.9. The van der Waals surface area contributed by atoms with Crippen LogP contribution in [0.15, 0.2) is 44.9 Å². The monoisotopic (exact) mass is 638 g/mol. The van der Waals surface area contributed by atoms with Gasteiger partial charge in [0.2, 0.25) is 0 Å². The average molecular weight is 639 g/mol. The van der Waals surface area contributed by atoms with Gasteiger partial charge in [0.05, 0.1) is 23.6 Å². The van der Waals surface area contributed by atoms with Gasteiger partial charge in [-0.2, -0.15) is 0 Å². The number of amides is 1. The van der Waals surface area contributed by atoms with E-state index in [0.29, 0.717) is 27.8 Å². The lowest BCUT2D eigenvalue weighted by molar-refractivity contribution is 0.00849. The van der Waals surface area contributed by atoms with Crippen LogP contribution in [-0.4, -0.2) is 64.3 Å². The van der Waals surface area contributed by atoms with Gasteiger partial charge in [0.1, 0.15) is 10.9 Å². The highest BCUT2D eigenvalue weighted by atomic mass is 127. The van der Waals surface area contributed by atoms with Crippen LogP contribution >= 0.6 is 22.6 Å². The van der Waals surface area contributed by atoms with Gasteiger partial charge in [-0.15, -0.1) is 0 Å². The zero-order valence-electron chi connectivity index (χ0n) is 21.7. The number of aryl methyl sites for hydroxylation is 1. The molecule has 0 saturated carbocycles. The van der Waals surface area contributed by atoms with Crippen LogP contribution in [0.1, 0.15) is 53.1 Å². The first kappa shape index (κ1) is 27.4. The van der Waals surface area contributed by atoms with Gasteiger partial charge in [0, 0.05) is 35.0 Å². The molecule has 198 valence electrons. The van der Waals surface area contributed by atoms with Crippen LogP contribution in [0.3, 0.4) is 0 Å². The molecule has 1 aliphatic heterocycles. The van der Waals surface area contributed by atoms with Crippen molar-refractivity contribution in [2.75, 3.05) is 32.1 Å². The molecule has 0 radical (unpaired) electrons. The first-order chi connectivity index (χ1) is 17.2. The Bertz CT molecular complexity index is 1370. The van der Waals surface area contributed by atoms with E-state index in [4.69, 9.17) is 9.47 Å². The lowest BCUT2D eigenvalue weighted by Crippen LogP contribution is -2.61. The van der Waals surface area contributed by atoms with Gasteiger partial charge in [-0.1, -0.05) is 17.7 Å². The number of esters is 1. The Kier molecular flexibility index (Phi) is 7.37. The van der Waals surface area contributed by atoms with Crippen molar-refractivity contribution in [2.24, 2.45) is 0 Å². The maximum Gasteiger partial charge on any atom is 0.410 e. The van der Waals surface area contributed by atoms with Crippen LogP contribution < -0.4 is 4.90 Å². The minimum absolute atomic E-state index is 0.0133. The third-order valence-corrected chi connectivity index (χ3v) is 9.96. The van der Waals surface area contributed by atoms with Crippen LogP contribution in [-0.2, 0) is 19.3 Å². The molecular weight excluding hydrogens is 607 g/mol. The second-order valence-corrected chi connectivity index (χ2v) is 13.6. The fourth-order valence-corrected chi connectivity index (χ4v) is 7.89. The normalized spacial score (nSPS) is 17.5. The lowest BCUT2D eigenvalue weighted by atomic mass is 9.98. The molecule has 10 heteroatoms. The van der Waals surface area contributed by atoms with Gasteiger partial charge in [0.25, 0.3) is 0 Å². The number of rotatable bonds is 5. The van der Waals surface area contributed by atoms with Crippen molar-refractivity contribution >= 4 is 56.3 Å². The van der Waals surface area contributed by atoms with Gasteiger partial charge in [-0.05, 0) is 86.2 Å². The van der Waals surface area contributed by atoms with E-state index in [1.54, 1.807) is 35.2 Å². The summed E-state index contributed by atoms with van der Waals surface area (Å²) >= 11 is 2.05. The summed E-state index contributed by atoms with van der Waals surface area (Å²) in [7, 11) is -0.653. The van der Waals surface area contributed by atoms with E-state index in [0.717, 1.165) is 11.3 Å². The molecule has 1 heterocycles. The number of sulfone groups is 1. The largest absolute Gasteiger partial charge is 0.465 e. The maximum atomic E-state index is 13.8. The summed E-state index contributed by atoms with van der Waals surface area (Å²) in [6.07, 6.45) is 1.47. The highest BCUT2D eigenvalue weighted by Crippen LogP contribution is 2.50. The fraction of sp³-hybridized carbons (Fsp3) is 0.407. The summed E-state index contributed by atoms with van der Waals surface area (Å²) < 4.78 is 38.7. The topological polar surface area (TPSA) is 93.2 Å². The number of benzene rings is 2. The number of carbonyl (C=O) groups is 2. The molecule has 1 unspecified atom stereocenters. The molecule has 2 aromatic rings. The number of likely N-dealkylation sites (tertiary alicyclic amines) is 1. The molecule has 1 fully saturated rings. The molecule has 1 saturated heterocycles. The van der Waals surface area contributed by atoms with Crippen LogP contribution in [0.4, 0.5) is 10.5 Å². The zero-order chi connectivity index (χ0) is 27.3. The molecule has 2 aromatic carbocycles. The molecule has 4 rings (SSSR count). The molecule has 0 spiro atoms. The SMILES string of the molecule is COC(=O)c1ccc(N(C)C2CN(C(=O)OC(C)(C)C)C2)c2c1C(S(=O)(=O)c1ccc(C)cc1)C(I)=C2. The molecule has 0 bridgehead atoms. The third-order valence-electron chi connectivity index (χ3n) is 6.57. The lowest BCUT2D eigenvalue weighted by Gasteiger charge is -2.45. The number of likely N-dealkylation sites (N-methyl/N-ethyl adjacent to an activating group) is 1. The number of hydrogen-bond donors (Lipinski definition) is 0. The molecule has 0 aromatic heterocycles. The van der Waals surface area contributed by atoms with Crippen molar-refractivity contribution in [3.63, 3.8) is 0 Å². The standard InChI is InChI=1S/C27H31IN2O6S/c1-16-7-9-18(10-8-16)37(33,34)24-21(28)13-20-22(12-11-19(23(20)24)25(31)35-6)29(5)17-14-30(15-17)26(32)36-27(2,3)4/h7-13,17,24H,14-15H2,1-6H3. The number of hydrogen-bond acceptors (Lipinski definition) is 7. The summed E-state index contributed by atoms with van der Waals surface area (Å²) in [6, 6.07) is 10.2. The summed E-state index contributed by atoms with van der Waals surface area (Å²) in [6.45, 7) is 8.34. The molecule has 8 nitrogen and oxygen atoms in total. The van der Waals surface area contributed by atoms with Crippen LogP contribution in [0, 0.1) is 6.92 Å². The van der Waals surface area contributed by atoms with E-state index < -0.39 is 26.7 Å². The molecular formula is C27H31IN2O6S. The van der Waals surface area contributed by atoms with E-state index in [9.17, 15) is 18.0 Å². The van der Waals surface area contributed by atoms with E-state index in [-0.39, 0.29) is 22.6 Å². The second kappa shape index (κ2) is 9.94. The molecule has 1 aliphatic carbocycles. The minimum Gasteiger partial charge on any atom is -0.465 e. The molecule has 1 atom stereocenters. The highest BCUT2D eigenvalue weighted by Gasteiger charge is 2.42. The third kappa shape index (κ3) is 5.22. The molecule has 0 N–H and O–H groups in total. The quantitative estimate of drug-likeness (QED) is 0.331. The number of anilines is 1.